The fraction of sp³-hybridized carbons (Fsp3) is 0.611. The zero-order valence-electron chi connectivity index (χ0n) is 15.0. The lowest BCUT2D eigenvalue weighted by molar-refractivity contribution is -0.0118. The van der Waals surface area contributed by atoms with E-state index in [1.54, 1.807) is 15.5 Å². The first-order valence-electron chi connectivity index (χ1n) is 9.13. The topological polar surface area (TPSA) is 62.5 Å². The number of rotatable bonds is 4. The van der Waals surface area contributed by atoms with Gasteiger partial charge >= 0.3 is 0 Å². The number of amides is 1. The van der Waals surface area contributed by atoms with Crippen LogP contribution < -0.4 is 10.2 Å². The van der Waals surface area contributed by atoms with Gasteiger partial charge in [-0.3, -0.25) is 4.79 Å². The van der Waals surface area contributed by atoms with E-state index < -0.39 is 5.92 Å². The Morgan fingerprint density at radius 1 is 1.42 bits per heavy atom. The van der Waals surface area contributed by atoms with Gasteiger partial charge in [-0.25, -0.2) is 18.3 Å². The summed E-state index contributed by atoms with van der Waals surface area (Å²) in [4.78, 5) is 18.7. The number of aryl methyl sites for hydroxylation is 1. The number of hydrogen-bond donors (Lipinski definition) is 1. The third-order valence-corrected chi connectivity index (χ3v) is 5.29. The normalized spacial score (nSPS) is 21.0. The van der Waals surface area contributed by atoms with E-state index in [1.807, 2.05) is 13.8 Å². The second kappa shape index (κ2) is 6.17. The van der Waals surface area contributed by atoms with Crippen molar-refractivity contribution in [1.82, 2.24) is 19.9 Å². The average Bonchev–Trinajstić information content (AvgIpc) is 3.33. The molecule has 2 aromatic rings. The van der Waals surface area contributed by atoms with Crippen LogP contribution >= 0.6 is 0 Å². The number of fused-ring (bicyclic) bond motifs is 1. The summed E-state index contributed by atoms with van der Waals surface area (Å²) in [6.07, 6.45) is 4.11. The zero-order chi connectivity index (χ0) is 18.5. The Hall–Kier alpha value is -2.25. The molecule has 4 rings (SSSR count). The van der Waals surface area contributed by atoms with Gasteiger partial charge in [-0.1, -0.05) is 0 Å². The Labute approximate surface area is 150 Å². The molecule has 1 saturated heterocycles. The van der Waals surface area contributed by atoms with E-state index in [9.17, 15) is 13.6 Å². The summed E-state index contributed by atoms with van der Waals surface area (Å²) in [6.45, 7) is 4.03. The second-order valence-corrected chi connectivity index (χ2v) is 7.53. The minimum Gasteiger partial charge on any atom is -0.350 e. The number of carbonyl (C=O) groups excluding carboxylic acids is 1. The summed E-state index contributed by atoms with van der Waals surface area (Å²) in [7, 11) is 0. The van der Waals surface area contributed by atoms with Crippen molar-refractivity contribution in [3.63, 3.8) is 0 Å². The Morgan fingerprint density at radius 2 is 2.19 bits per heavy atom. The summed E-state index contributed by atoms with van der Waals surface area (Å²) in [5.41, 5.74) is 1.55. The molecule has 1 atom stereocenters. The highest BCUT2D eigenvalue weighted by molar-refractivity contribution is 6.00. The number of nitrogens with zero attached hydrogens (tertiary/aromatic N) is 4. The smallest absolute Gasteiger partial charge is 0.265 e. The van der Waals surface area contributed by atoms with Gasteiger partial charge in [0, 0.05) is 30.8 Å². The first kappa shape index (κ1) is 17.2. The van der Waals surface area contributed by atoms with Gasteiger partial charge in [-0.05, 0) is 39.0 Å². The molecule has 1 aliphatic carbocycles. The fourth-order valence-corrected chi connectivity index (χ4v) is 3.58. The van der Waals surface area contributed by atoms with Gasteiger partial charge in [0.15, 0.2) is 5.65 Å². The lowest BCUT2D eigenvalue weighted by Crippen LogP contribution is -2.43. The van der Waals surface area contributed by atoms with Crippen molar-refractivity contribution in [3.05, 3.63) is 23.5 Å². The van der Waals surface area contributed by atoms with Crippen molar-refractivity contribution >= 4 is 17.4 Å². The monoisotopic (exact) mass is 363 g/mol. The van der Waals surface area contributed by atoms with Gasteiger partial charge in [0.25, 0.3) is 11.8 Å². The molecule has 8 heteroatoms. The van der Waals surface area contributed by atoms with E-state index in [0.29, 0.717) is 35.9 Å². The summed E-state index contributed by atoms with van der Waals surface area (Å²) >= 11 is 0. The third-order valence-electron chi connectivity index (χ3n) is 5.29. The lowest BCUT2D eigenvalue weighted by Gasteiger charge is -2.33. The number of hydrogen-bond acceptors (Lipinski definition) is 4. The average molecular weight is 363 g/mol. The molecule has 0 aromatic carbocycles. The maximum atomic E-state index is 13.8. The highest BCUT2D eigenvalue weighted by Gasteiger charge is 2.36. The molecule has 6 nitrogen and oxygen atoms in total. The molecular formula is C18H23F2N5O. The van der Waals surface area contributed by atoms with E-state index in [-0.39, 0.29) is 24.9 Å². The van der Waals surface area contributed by atoms with Crippen LogP contribution in [-0.4, -0.2) is 45.6 Å². The molecule has 1 aliphatic heterocycles. The van der Waals surface area contributed by atoms with E-state index in [0.717, 1.165) is 18.5 Å². The summed E-state index contributed by atoms with van der Waals surface area (Å²) in [6, 6.07) is 1.86. The summed E-state index contributed by atoms with van der Waals surface area (Å²) in [5.74, 6) is -1.91. The van der Waals surface area contributed by atoms with Crippen molar-refractivity contribution in [2.45, 2.75) is 51.5 Å². The molecule has 3 heterocycles. The van der Waals surface area contributed by atoms with Gasteiger partial charge in [0.2, 0.25) is 0 Å². The Morgan fingerprint density at radius 3 is 2.88 bits per heavy atom. The molecule has 0 bridgehead atoms. The first-order chi connectivity index (χ1) is 12.3. The summed E-state index contributed by atoms with van der Waals surface area (Å²) in [5, 5.41) is 7.25. The van der Waals surface area contributed by atoms with Crippen LogP contribution in [0.15, 0.2) is 12.3 Å². The van der Waals surface area contributed by atoms with Crippen LogP contribution in [0.5, 0.6) is 0 Å². The SMILES string of the molecule is Cc1cc(N2CCCC(F)(F)C2)nc2c(C(=O)N[C@@H](C)C3CC3)cnn12. The van der Waals surface area contributed by atoms with Gasteiger partial charge in [0.1, 0.15) is 11.4 Å². The van der Waals surface area contributed by atoms with E-state index in [2.05, 4.69) is 15.4 Å². The number of nitrogens with one attached hydrogen (secondary N) is 1. The van der Waals surface area contributed by atoms with Crippen LogP contribution in [0.3, 0.4) is 0 Å². The molecular weight excluding hydrogens is 340 g/mol. The lowest BCUT2D eigenvalue weighted by atomic mass is 10.1. The molecule has 0 unspecified atom stereocenters. The second-order valence-electron chi connectivity index (χ2n) is 7.53. The van der Waals surface area contributed by atoms with Gasteiger partial charge in [-0.2, -0.15) is 5.10 Å². The van der Waals surface area contributed by atoms with Crippen LogP contribution in [0, 0.1) is 12.8 Å². The van der Waals surface area contributed by atoms with Crippen LogP contribution in [0.4, 0.5) is 14.6 Å². The first-order valence-corrected chi connectivity index (χ1v) is 9.13. The van der Waals surface area contributed by atoms with Crippen molar-refractivity contribution < 1.29 is 13.6 Å². The van der Waals surface area contributed by atoms with Crippen molar-refractivity contribution in [2.75, 3.05) is 18.0 Å². The van der Waals surface area contributed by atoms with Gasteiger partial charge in [-0.15, -0.1) is 0 Å². The molecule has 2 fully saturated rings. The Kier molecular flexibility index (Phi) is 4.08. The van der Waals surface area contributed by atoms with Crippen LogP contribution in [-0.2, 0) is 0 Å². The van der Waals surface area contributed by atoms with Gasteiger partial charge in [0.05, 0.1) is 12.7 Å². The number of aromatic nitrogens is 3. The molecule has 26 heavy (non-hydrogen) atoms. The molecule has 140 valence electrons. The van der Waals surface area contributed by atoms with E-state index in [1.165, 1.54) is 6.20 Å². The molecule has 2 aromatic heterocycles. The molecule has 0 radical (unpaired) electrons. The van der Waals surface area contributed by atoms with Gasteiger partial charge < -0.3 is 10.2 Å². The minimum atomic E-state index is -2.71. The quantitative estimate of drug-likeness (QED) is 0.907. The number of alkyl halides is 2. The third kappa shape index (κ3) is 3.24. The van der Waals surface area contributed by atoms with E-state index >= 15 is 0 Å². The maximum Gasteiger partial charge on any atom is 0.265 e. The molecule has 0 spiro atoms. The predicted molar refractivity (Wildman–Crippen MR) is 93.8 cm³/mol. The molecule has 2 aliphatic rings. The highest BCUT2D eigenvalue weighted by Crippen LogP contribution is 2.33. The molecule has 1 saturated carbocycles. The number of anilines is 1. The van der Waals surface area contributed by atoms with Crippen LogP contribution in [0.1, 0.15) is 48.7 Å². The largest absolute Gasteiger partial charge is 0.350 e. The van der Waals surface area contributed by atoms with Crippen LogP contribution in [0.25, 0.3) is 5.65 Å². The maximum absolute atomic E-state index is 13.8. The van der Waals surface area contributed by atoms with Crippen LogP contribution in [0.2, 0.25) is 0 Å². The number of carbonyl (C=O) groups is 1. The Bertz CT molecular complexity index is 845. The van der Waals surface area contributed by atoms with Crippen molar-refractivity contribution in [2.24, 2.45) is 5.92 Å². The highest BCUT2D eigenvalue weighted by atomic mass is 19.3. The number of piperidine rings is 1. The summed E-state index contributed by atoms with van der Waals surface area (Å²) < 4.78 is 29.1. The Balaban J connectivity index is 1.65. The zero-order valence-corrected chi connectivity index (χ0v) is 15.0. The fourth-order valence-electron chi connectivity index (χ4n) is 3.58. The standard InChI is InChI=1S/C18H23F2N5O/c1-11-8-15(24-7-3-6-18(19,20)10-24)23-16-14(9-21-25(11)16)17(26)22-12(2)13-4-5-13/h8-9,12-13H,3-7,10H2,1-2H3,(H,22,26)/t12-/m0/s1. The number of halogens is 2. The van der Waals surface area contributed by atoms with Crippen molar-refractivity contribution in [3.8, 4) is 0 Å². The molecule has 1 amide bonds. The van der Waals surface area contributed by atoms with Crippen molar-refractivity contribution in [1.29, 1.82) is 0 Å². The predicted octanol–water partition coefficient (Wildman–Crippen LogP) is 2.80. The molecule has 1 N–H and O–H groups in total. The van der Waals surface area contributed by atoms with E-state index in [4.69, 9.17) is 0 Å². The minimum absolute atomic E-state index is 0.0931.